The molecule has 1 aromatic heterocycles. The van der Waals surface area contributed by atoms with Gasteiger partial charge >= 0.3 is 0 Å². The number of fused-ring (bicyclic) bond motifs is 1. The van der Waals surface area contributed by atoms with Crippen LogP contribution >= 0.6 is 15.9 Å². The Labute approximate surface area is 131 Å². The van der Waals surface area contributed by atoms with Crippen LogP contribution in [0.1, 0.15) is 11.3 Å². The van der Waals surface area contributed by atoms with E-state index in [9.17, 15) is 4.39 Å². The standard InChI is InChI=1S/C17H14BrFN2/c1-11-9-16(14-3-2-4-15(18)17(14)21-11)20-10-12-5-7-13(19)8-6-12/h2-9H,10H2,1H3,(H,20,21). The number of halogens is 2. The second-order valence-corrected chi connectivity index (χ2v) is 5.78. The molecule has 106 valence electrons. The maximum absolute atomic E-state index is 12.9. The predicted molar refractivity (Wildman–Crippen MR) is 87.9 cm³/mol. The third kappa shape index (κ3) is 3.05. The van der Waals surface area contributed by atoms with Crippen LogP contribution in [0.25, 0.3) is 10.9 Å². The Bertz CT molecular complexity index is 785. The van der Waals surface area contributed by atoms with Gasteiger partial charge in [0.25, 0.3) is 0 Å². The van der Waals surface area contributed by atoms with Crippen molar-refractivity contribution in [2.75, 3.05) is 5.32 Å². The minimum absolute atomic E-state index is 0.215. The van der Waals surface area contributed by atoms with Crippen LogP contribution in [0.4, 0.5) is 10.1 Å². The van der Waals surface area contributed by atoms with E-state index >= 15 is 0 Å². The van der Waals surface area contributed by atoms with E-state index in [0.717, 1.165) is 32.3 Å². The fraction of sp³-hybridized carbons (Fsp3) is 0.118. The van der Waals surface area contributed by atoms with E-state index in [-0.39, 0.29) is 5.82 Å². The summed E-state index contributed by atoms with van der Waals surface area (Å²) in [4.78, 5) is 4.57. The molecule has 2 nitrogen and oxygen atoms in total. The molecule has 2 aromatic carbocycles. The van der Waals surface area contributed by atoms with Crippen molar-refractivity contribution in [3.05, 3.63) is 70.1 Å². The van der Waals surface area contributed by atoms with Gasteiger partial charge in [-0.1, -0.05) is 24.3 Å². The smallest absolute Gasteiger partial charge is 0.123 e. The highest BCUT2D eigenvalue weighted by Gasteiger charge is 2.06. The molecule has 0 bridgehead atoms. The lowest BCUT2D eigenvalue weighted by Gasteiger charge is -2.11. The Morgan fingerprint density at radius 2 is 1.90 bits per heavy atom. The molecular weight excluding hydrogens is 331 g/mol. The van der Waals surface area contributed by atoms with E-state index in [2.05, 4.69) is 26.2 Å². The molecule has 0 aliphatic carbocycles. The Kier molecular flexibility index (Phi) is 3.88. The fourth-order valence-corrected chi connectivity index (χ4v) is 2.74. The SMILES string of the molecule is Cc1cc(NCc2ccc(F)cc2)c2cccc(Br)c2n1. The molecule has 0 atom stereocenters. The highest BCUT2D eigenvalue weighted by atomic mass is 79.9. The molecule has 0 saturated carbocycles. The lowest BCUT2D eigenvalue weighted by molar-refractivity contribution is 0.627. The summed E-state index contributed by atoms with van der Waals surface area (Å²) in [6.07, 6.45) is 0. The lowest BCUT2D eigenvalue weighted by atomic mass is 10.1. The van der Waals surface area contributed by atoms with Gasteiger partial charge in [0, 0.05) is 27.8 Å². The van der Waals surface area contributed by atoms with Gasteiger partial charge in [-0.05, 0) is 52.7 Å². The van der Waals surface area contributed by atoms with Crippen LogP contribution in [-0.2, 0) is 6.54 Å². The largest absolute Gasteiger partial charge is 0.380 e. The second-order valence-electron chi connectivity index (χ2n) is 4.93. The molecule has 0 spiro atoms. The first-order valence-electron chi connectivity index (χ1n) is 6.68. The zero-order valence-electron chi connectivity index (χ0n) is 11.5. The lowest BCUT2D eigenvalue weighted by Crippen LogP contribution is -2.01. The quantitative estimate of drug-likeness (QED) is 0.718. The first kappa shape index (κ1) is 14.0. The molecule has 0 aliphatic rings. The fourth-order valence-electron chi connectivity index (χ4n) is 2.29. The van der Waals surface area contributed by atoms with Crippen LogP contribution in [0.5, 0.6) is 0 Å². The number of nitrogens with zero attached hydrogens (tertiary/aromatic N) is 1. The Morgan fingerprint density at radius 1 is 1.14 bits per heavy atom. The summed E-state index contributed by atoms with van der Waals surface area (Å²) in [6.45, 7) is 2.62. The van der Waals surface area contributed by atoms with Crippen molar-refractivity contribution in [1.29, 1.82) is 0 Å². The number of nitrogens with one attached hydrogen (secondary N) is 1. The van der Waals surface area contributed by atoms with Gasteiger partial charge in [-0.15, -0.1) is 0 Å². The van der Waals surface area contributed by atoms with Crippen molar-refractivity contribution < 1.29 is 4.39 Å². The average Bonchev–Trinajstić information content (AvgIpc) is 2.47. The number of para-hydroxylation sites is 1. The third-order valence-electron chi connectivity index (χ3n) is 3.31. The molecule has 0 fully saturated rings. The number of anilines is 1. The second kappa shape index (κ2) is 5.82. The molecule has 0 aliphatic heterocycles. The van der Waals surface area contributed by atoms with E-state index in [1.165, 1.54) is 12.1 Å². The summed E-state index contributed by atoms with van der Waals surface area (Å²) in [5.74, 6) is -0.215. The van der Waals surface area contributed by atoms with Crippen molar-refractivity contribution in [3.8, 4) is 0 Å². The van der Waals surface area contributed by atoms with Crippen LogP contribution in [0.3, 0.4) is 0 Å². The first-order chi connectivity index (χ1) is 10.1. The van der Waals surface area contributed by atoms with Crippen LogP contribution in [0.2, 0.25) is 0 Å². The number of rotatable bonds is 3. The predicted octanol–water partition coefficient (Wildman–Crippen LogP) is 5.06. The van der Waals surface area contributed by atoms with Gasteiger partial charge in [-0.3, -0.25) is 4.98 Å². The molecular formula is C17H14BrFN2. The van der Waals surface area contributed by atoms with Gasteiger partial charge in [0.1, 0.15) is 5.82 Å². The zero-order chi connectivity index (χ0) is 14.8. The topological polar surface area (TPSA) is 24.9 Å². The van der Waals surface area contributed by atoms with Crippen molar-refractivity contribution in [2.24, 2.45) is 0 Å². The highest BCUT2D eigenvalue weighted by Crippen LogP contribution is 2.28. The van der Waals surface area contributed by atoms with Crippen LogP contribution < -0.4 is 5.32 Å². The van der Waals surface area contributed by atoms with Gasteiger partial charge in [0.2, 0.25) is 0 Å². The van der Waals surface area contributed by atoms with E-state index in [1.807, 2.05) is 31.2 Å². The molecule has 0 unspecified atom stereocenters. The summed E-state index contributed by atoms with van der Waals surface area (Å²) in [6, 6.07) is 14.6. The first-order valence-corrected chi connectivity index (χ1v) is 7.47. The van der Waals surface area contributed by atoms with Crippen molar-refractivity contribution in [3.63, 3.8) is 0 Å². The number of benzene rings is 2. The molecule has 0 saturated heterocycles. The normalized spacial score (nSPS) is 10.8. The van der Waals surface area contributed by atoms with Crippen LogP contribution in [-0.4, -0.2) is 4.98 Å². The summed E-state index contributed by atoms with van der Waals surface area (Å²) in [5.41, 5.74) is 3.97. The zero-order valence-corrected chi connectivity index (χ0v) is 13.1. The van der Waals surface area contributed by atoms with Gasteiger partial charge in [-0.2, -0.15) is 0 Å². The van der Waals surface area contributed by atoms with E-state index in [1.54, 1.807) is 12.1 Å². The maximum Gasteiger partial charge on any atom is 0.123 e. The number of aromatic nitrogens is 1. The van der Waals surface area contributed by atoms with Crippen molar-refractivity contribution in [1.82, 2.24) is 4.98 Å². The van der Waals surface area contributed by atoms with Crippen LogP contribution in [0.15, 0.2) is 53.0 Å². The summed E-state index contributed by atoms with van der Waals surface area (Å²) in [5, 5.41) is 4.47. The van der Waals surface area contributed by atoms with Gasteiger partial charge in [-0.25, -0.2) is 4.39 Å². The summed E-state index contributed by atoms with van der Waals surface area (Å²) < 4.78 is 13.9. The molecule has 21 heavy (non-hydrogen) atoms. The number of hydrogen-bond acceptors (Lipinski definition) is 2. The molecule has 4 heteroatoms. The molecule has 3 rings (SSSR count). The van der Waals surface area contributed by atoms with Crippen molar-refractivity contribution in [2.45, 2.75) is 13.5 Å². The Morgan fingerprint density at radius 3 is 2.67 bits per heavy atom. The third-order valence-corrected chi connectivity index (χ3v) is 3.95. The van der Waals surface area contributed by atoms with Gasteiger partial charge in [0.05, 0.1) is 5.52 Å². The summed E-state index contributed by atoms with van der Waals surface area (Å²) >= 11 is 3.54. The van der Waals surface area contributed by atoms with E-state index in [4.69, 9.17) is 0 Å². The highest BCUT2D eigenvalue weighted by molar-refractivity contribution is 9.10. The minimum atomic E-state index is -0.215. The molecule has 1 N–H and O–H groups in total. The monoisotopic (exact) mass is 344 g/mol. The molecule has 0 amide bonds. The number of pyridine rings is 1. The molecule has 1 heterocycles. The minimum Gasteiger partial charge on any atom is -0.380 e. The maximum atomic E-state index is 12.9. The number of aryl methyl sites for hydroxylation is 1. The van der Waals surface area contributed by atoms with Gasteiger partial charge < -0.3 is 5.32 Å². The van der Waals surface area contributed by atoms with Gasteiger partial charge in [0.15, 0.2) is 0 Å². The summed E-state index contributed by atoms with van der Waals surface area (Å²) in [7, 11) is 0. The Hall–Kier alpha value is -1.94. The average molecular weight is 345 g/mol. The van der Waals surface area contributed by atoms with Crippen molar-refractivity contribution >= 4 is 32.5 Å². The molecule has 3 aromatic rings. The Balaban J connectivity index is 1.93. The number of hydrogen-bond donors (Lipinski definition) is 1. The molecule has 0 radical (unpaired) electrons. The van der Waals surface area contributed by atoms with E-state index in [0.29, 0.717) is 6.54 Å². The van der Waals surface area contributed by atoms with E-state index < -0.39 is 0 Å². The van der Waals surface area contributed by atoms with Crippen LogP contribution in [0, 0.1) is 12.7 Å².